The van der Waals surface area contributed by atoms with E-state index in [1.54, 1.807) is 6.08 Å². The van der Waals surface area contributed by atoms with Crippen molar-refractivity contribution in [2.24, 2.45) is 0 Å². The molecule has 0 saturated heterocycles. The van der Waals surface area contributed by atoms with Crippen LogP contribution in [0, 0.1) is 11.3 Å². The lowest BCUT2D eigenvalue weighted by molar-refractivity contribution is 0.572. The topological polar surface area (TPSA) is 49.8 Å². The molecule has 0 radical (unpaired) electrons. The Morgan fingerprint density at radius 3 is 2.06 bits per heavy atom. The fourth-order valence-corrected chi connectivity index (χ4v) is 4.26. The third kappa shape index (κ3) is 4.15. The van der Waals surface area contributed by atoms with Crippen LogP contribution in [-0.4, -0.2) is 4.98 Å². The number of hydrogen-bond donors (Lipinski definition) is 0. The number of thiazole rings is 1. The summed E-state index contributed by atoms with van der Waals surface area (Å²) in [7, 11) is 0. The summed E-state index contributed by atoms with van der Waals surface area (Å²) in [6.45, 7) is 0. The molecule has 2 heterocycles. The molecule has 0 aliphatic carbocycles. The van der Waals surface area contributed by atoms with E-state index in [0.29, 0.717) is 16.3 Å². The minimum absolute atomic E-state index is 0.483. The highest BCUT2D eigenvalue weighted by Crippen LogP contribution is 2.30. The van der Waals surface area contributed by atoms with Crippen LogP contribution in [0.5, 0.6) is 0 Å². The second-order valence-electron chi connectivity index (χ2n) is 7.22. The van der Waals surface area contributed by atoms with Gasteiger partial charge in [-0.05, 0) is 23.3 Å². The first-order valence-electron chi connectivity index (χ1n) is 10.2. The molecule has 2 aromatic heterocycles. The lowest BCUT2D eigenvalue weighted by atomic mass is 10.0. The molecular weight excluding hydrogens is 412 g/mol. The number of furan rings is 1. The number of rotatable bonds is 5. The first-order chi connectivity index (χ1) is 15.8. The van der Waals surface area contributed by atoms with E-state index in [1.165, 1.54) is 16.9 Å². The molecule has 32 heavy (non-hydrogen) atoms. The number of hydrogen-bond acceptors (Lipinski definition) is 4. The third-order valence-corrected chi connectivity index (χ3v) is 5.99. The average molecular weight is 431 g/mol. The van der Waals surface area contributed by atoms with Gasteiger partial charge in [0.1, 0.15) is 22.6 Å². The van der Waals surface area contributed by atoms with Gasteiger partial charge in [0.05, 0.1) is 11.3 Å². The Balaban J connectivity index is 1.38. The van der Waals surface area contributed by atoms with Crippen LogP contribution in [0.2, 0.25) is 0 Å². The van der Waals surface area contributed by atoms with Gasteiger partial charge in [-0.1, -0.05) is 84.9 Å². The van der Waals surface area contributed by atoms with Gasteiger partial charge in [0.2, 0.25) is 0 Å². The Morgan fingerprint density at radius 2 is 1.38 bits per heavy atom. The molecule has 0 atom stereocenters. The fourth-order valence-electron chi connectivity index (χ4n) is 3.47. The van der Waals surface area contributed by atoms with Gasteiger partial charge in [0, 0.05) is 22.6 Å². The van der Waals surface area contributed by atoms with Gasteiger partial charge in [-0.3, -0.25) is 0 Å². The van der Waals surface area contributed by atoms with Crippen LogP contribution in [-0.2, 0) is 0 Å². The summed E-state index contributed by atoms with van der Waals surface area (Å²) in [6, 6.07) is 34.5. The maximum atomic E-state index is 9.71. The van der Waals surface area contributed by atoms with E-state index in [9.17, 15) is 5.26 Å². The minimum Gasteiger partial charge on any atom is -0.457 e. The van der Waals surface area contributed by atoms with Crippen LogP contribution in [0.1, 0.15) is 10.8 Å². The maximum absolute atomic E-state index is 9.71. The number of benzene rings is 3. The first-order valence-corrected chi connectivity index (χ1v) is 11.1. The van der Waals surface area contributed by atoms with Crippen molar-refractivity contribution in [2.45, 2.75) is 0 Å². The number of nitrogens with zero attached hydrogens (tertiary/aromatic N) is 2. The normalized spacial score (nSPS) is 11.3. The molecule has 0 spiro atoms. The summed E-state index contributed by atoms with van der Waals surface area (Å²) < 4.78 is 5.92. The Hall–Kier alpha value is -4.20. The second-order valence-corrected chi connectivity index (χ2v) is 8.08. The van der Waals surface area contributed by atoms with Gasteiger partial charge < -0.3 is 4.42 Å². The standard InChI is InChI=1S/C28H18N2OS/c29-18-24(17-25-15-16-27(31-25)23-9-5-2-6-10-23)28-30-26(19-32-28)22-13-11-21(12-14-22)20-7-3-1-4-8-20/h1-17,19H/b24-17-. The first kappa shape index (κ1) is 19.7. The van der Waals surface area contributed by atoms with Gasteiger partial charge in [0.15, 0.2) is 0 Å². The molecular formula is C28H18N2OS. The van der Waals surface area contributed by atoms with Crippen molar-refractivity contribution >= 4 is 23.0 Å². The van der Waals surface area contributed by atoms with Crippen LogP contribution in [0.25, 0.3) is 45.4 Å². The molecule has 152 valence electrons. The van der Waals surface area contributed by atoms with E-state index in [-0.39, 0.29) is 0 Å². The number of nitriles is 1. The SMILES string of the molecule is N#C/C(=C/c1ccc(-c2ccccc2)o1)c1nc(-c2ccc(-c3ccccc3)cc2)cs1. The number of allylic oxidation sites excluding steroid dienone is 1. The molecule has 5 rings (SSSR count). The van der Waals surface area contributed by atoms with Crippen molar-refractivity contribution in [3.63, 3.8) is 0 Å². The molecule has 3 aromatic carbocycles. The molecule has 0 N–H and O–H groups in total. The van der Waals surface area contributed by atoms with E-state index in [4.69, 9.17) is 9.40 Å². The molecule has 0 amide bonds. The van der Waals surface area contributed by atoms with Crippen LogP contribution in [0.15, 0.2) is 107 Å². The summed E-state index contributed by atoms with van der Waals surface area (Å²) in [4.78, 5) is 4.70. The summed E-state index contributed by atoms with van der Waals surface area (Å²) in [5, 5.41) is 12.4. The zero-order valence-corrected chi connectivity index (χ0v) is 17.9. The molecule has 0 fully saturated rings. The highest BCUT2D eigenvalue weighted by molar-refractivity contribution is 7.11. The van der Waals surface area contributed by atoms with Crippen LogP contribution in [0.3, 0.4) is 0 Å². The van der Waals surface area contributed by atoms with Crippen molar-refractivity contribution in [3.05, 3.63) is 113 Å². The van der Waals surface area contributed by atoms with E-state index >= 15 is 0 Å². The number of aromatic nitrogens is 1. The lowest BCUT2D eigenvalue weighted by Crippen LogP contribution is -1.83. The fraction of sp³-hybridized carbons (Fsp3) is 0. The molecule has 0 unspecified atom stereocenters. The van der Waals surface area contributed by atoms with Gasteiger partial charge in [-0.2, -0.15) is 5.26 Å². The smallest absolute Gasteiger partial charge is 0.134 e. The van der Waals surface area contributed by atoms with E-state index in [1.807, 2.05) is 66.0 Å². The quantitative estimate of drug-likeness (QED) is 0.267. The van der Waals surface area contributed by atoms with Crippen molar-refractivity contribution < 1.29 is 4.42 Å². The van der Waals surface area contributed by atoms with Crippen molar-refractivity contribution in [2.75, 3.05) is 0 Å². The molecule has 4 heteroatoms. The Bertz CT molecular complexity index is 1410. The predicted molar refractivity (Wildman–Crippen MR) is 131 cm³/mol. The molecule has 3 nitrogen and oxygen atoms in total. The lowest BCUT2D eigenvalue weighted by Gasteiger charge is -2.02. The largest absolute Gasteiger partial charge is 0.457 e. The monoisotopic (exact) mass is 430 g/mol. The minimum atomic E-state index is 0.483. The van der Waals surface area contributed by atoms with E-state index < -0.39 is 0 Å². The van der Waals surface area contributed by atoms with Gasteiger partial charge in [0.25, 0.3) is 0 Å². The van der Waals surface area contributed by atoms with Crippen LogP contribution >= 0.6 is 11.3 Å². The Kier molecular flexibility index (Phi) is 5.48. The Labute approximate surface area is 190 Å². The molecule has 0 aliphatic rings. The molecule has 0 saturated carbocycles. The average Bonchev–Trinajstić information content (AvgIpc) is 3.54. The van der Waals surface area contributed by atoms with Gasteiger partial charge in [-0.25, -0.2) is 4.98 Å². The van der Waals surface area contributed by atoms with Crippen molar-refractivity contribution in [3.8, 4) is 39.8 Å². The van der Waals surface area contributed by atoms with Crippen molar-refractivity contribution in [1.29, 1.82) is 5.26 Å². The zero-order valence-electron chi connectivity index (χ0n) is 17.1. The van der Waals surface area contributed by atoms with E-state index in [2.05, 4.69) is 42.5 Å². The summed E-state index contributed by atoms with van der Waals surface area (Å²) in [5.74, 6) is 1.40. The van der Waals surface area contributed by atoms with Gasteiger partial charge in [-0.15, -0.1) is 11.3 Å². The molecule has 0 bridgehead atoms. The summed E-state index contributed by atoms with van der Waals surface area (Å²) in [5.41, 5.74) is 5.71. The van der Waals surface area contributed by atoms with Crippen LogP contribution in [0.4, 0.5) is 0 Å². The highest BCUT2D eigenvalue weighted by Gasteiger charge is 2.11. The van der Waals surface area contributed by atoms with Crippen molar-refractivity contribution in [1.82, 2.24) is 4.98 Å². The molecule has 5 aromatic rings. The van der Waals surface area contributed by atoms with Crippen LogP contribution < -0.4 is 0 Å². The summed E-state index contributed by atoms with van der Waals surface area (Å²) >= 11 is 1.46. The highest BCUT2D eigenvalue weighted by atomic mass is 32.1. The van der Waals surface area contributed by atoms with E-state index in [0.717, 1.165) is 28.1 Å². The third-order valence-electron chi connectivity index (χ3n) is 5.11. The summed E-state index contributed by atoms with van der Waals surface area (Å²) in [6.07, 6.45) is 1.74. The maximum Gasteiger partial charge on any atom is 0.134 e. The predicted octanol–water partition coefficient (Wildman–Crippen LogP) is 7.80. The Morgan fingerprint density at radius 1 is 0.750 bits per heavy atom. The molecule has 0 aliphatic heterocycles. The second kappa shape index (κ2) is 8.89. The zero-order chi connectivity index (χ0) is 21.8. The van der Waals surface area contributed by atoms with Gasteiger partial charge >= 0.3 is 0 Å².